The molecule has 3 rings (SSSR count). The van der Waals surface area contributed by atoms with Gasteiger partial charge in [-0.15, -0.1) is 0 Å². The first kappa shape index (κ1) is 16.4. The summed E-state index contributed by atoms with van der Waals surface area (Å²) in [6.07, 6.45) is 3.18. The largest absolute Gasteiger partial charge is 0.340 e. The highest BCUT2D eigenvalue weighted by Crippen LogP contribution is 2.26. The Labute approximate surface area is 145 Å². The summed E-state index contributed by atoms with van der Waals surface area (Å²) in [6.45, 7) is 1.48. The third-order valence-corrected chi connectivity index (χ3v) is 3.73. The molecule has 0 saturated carbocycles. The second-order valence-corrected chi connectivity index (χ2v) is 5.56. The van der Waals surface area contributed by atoms with Crippen LogP contribution in [0.5, 0.6) is 0 Å². The summed E-state index contributed by atoms with van der Waals surface area (Å²) in [5, 5.41) is 5.31. The third kappa shape index (κ3) is 3.74. The number of amides is 2. The molecule has 0 spiro atoms. The van der Waals surface area contributed by atoms with Gasteiger partial charge in [-0.2, -0.15) is 0 Å². The van der Waals surface area contributed by atoms with Crippen molar-refractivity contribution in [2.24, 2.45) is 0 Å². The quantitative estimate of drug-likeness (QED) is 0.771. The first-order chi connectivity index (χ1) is 12.1. The summed E-state index contributed by atoms with van der Waals surface area (Å²) in [4.78, 5) is 27.0. The summed E-state index contributed by atoms with van der Waals surface area (Å²) in [6, 6.07) is 15.3. The monoisotopic (exact) mass is 334 g/mol. The SMILES string of the molecule is CNC(=O)n1cnc(-c2cccc(-c3ccc(NC(C)=O)cc3)c2)c1. The molecule has 2 amide bonds. The molecule has 1 aromatic heterocycles. The van der Waals surface area contributed by atoms with Gasteiger partial charge in [0.2, 0.25) is 5.91 Å². The van der Waals surface area contributed by atoms with Gasteiger partial charge in [-0.3, -0.25) is 9.36 Å². The number of carbonyl (C=O) groups is 2. The lowest BCUT2D eigenvalue weighted by Gasteiger charge is -2.06. The van der Waals surface area contributed by atoms with Crippen molar-refractivity contribution < 1.29 is 9.59 Å². The highest BCUT2D eigenvalue weighted by molar-refractivity contribution is 5.89. The van der Waals surface area contributed by atoms with Crippen molar-refractivity contribution in [1.29, 1.82) is 0 Å². The van der Waals surface area contributed by atoms with Crippen LogP contribution in [-0.2, 0) is 4.79 Å². The maximum Gasteiger partial charge on any atom is 0.326 e. The van der Waals surface area contributed by atoms with E-state index in [1.807, 2.05) is 48.5 Å². The molecule has 0 aliphatic carbocycles. The predicted octanol–water partition coefficient (Wildman–Crippen LogP) is 3.36. The van der Waals surface area contributed by atoms with Gasteiger partial charge >= 0.3 is 6.03 Å². The Hall–Kier alpha value is -3.41. The normalized spacial score (nSPS) is 10.3. The molecule has 3 aromatic rings. The van der Waals surface area contributed by atoms with Crippen LogP contribution in [0, 0.1) is 0 Å². The van der Waals surface area contributed by atoms with Gasteiger partial charge in [0.1, 0.15) is 6.33 Å². The van der Waals surface area contributed by atoms with E-state index in [1.54, 1.807) is 13.2 Å². The van der Waals surface area contributed by atoms with Crippen LogP contribution in [0.25, 0.3) is 22.4 Å². The Balaban J connectivity index is 1.87. The molecule has 0 atom stereocenters. The average Bonchev–Trinajstić information content (AvgIpc) is 3.11. The molecule has 6 heteroatoms. The summed E-state index contributed by atoms with van der Waals surface area (Å²) in [5.41, 5.74) is 4.46. The summed E-state index contributed by atoms with van der Waals surface area (Å²) < 4.78 is 1.41. The number of imidazole rings is 1. The summed E-state index contributed by atoms with van der Waals surface area (Å²) in [7, 11) is 1.58. The van der Waals surface area contributed by atoms with Crippen molar-refractivity contribution in [3.8, 4) is 22.4 Å². The molecule has 6 nitrogen and oxygen atoms in total. The van der Waals surface area contributed by atoms with Crippen LogP contribution in [-0.4, -0.2) is 28.5 Å². The van der Waals surface area contributed by atoms with E-state index in [0.29, 0.717) is 0 Å². The highest BCUT2D eigenvalue weighted by Gasteiger charge is 2.08. The van der Waals surface area contributed by atoms with E-state index in [4.69, 9.17) is 0 Å². The molecule has 0 aliphatic rings. The zero-order chi connectivity index (χ0) is 17.8. The first-order valence-electron chi connectivity index (χ1n) is 7.81. The van der Waals surface area contributed by atoms with E-state index in [9.17, 15) is 9.59 Å². The molecule has 0 aliphatic heterocycles. The molecule has 25 heavy (non-hydrogen) atoms. The molecule has 1 heterocycles. The molecule has 0 saturated heterocycles. The van der Waals surface area contributed by atoms with Crippen molar-refractivity contribution in [2.75, 3.05) is 12.4 Å². The second-order valence-electron chi connectivity index (χ2n) is 5.56. The molecule has 0 radical (unpaired) electrons. The Morgan fingerprint density at radius 3 is 2.40 bits per heavy atom. The van der Waals surface area contributed by atoms with Crippen LogP contribution in [0.15, 0.2) is 61.1 Å². The molecule has 0 fully saturated rings. The summed E-state index contributed by atoms with van der Waals surface area (Å²) >= 11 is 0. The maximum absolute atomic E-state index is 11.6. The number of anilines is 1. The molecule has 2 N–H and O–H groups in total. The van der Waals surface area contributed by atoms with Crippen LogP contribution in [0.1, 0.15) is 6.92 Å². The predicted molar refractivity (Wildman–Crippen MR) is 97.3 cm³/mol. The molecular formula is C19H18N4O2. The van der Waals surface area contributed by atoms with Gasteiger partial charge in [0.05, 0.1) is 5.69 Å². The average molecular weight is 334 g/mol. The van der Waals surface area contributed by atoms with Crippen LogP contribution in [0.4, 0.5) is 10.5 Å². The Bertz CT molecular complexity index is 913. The Morgan fingerprint density at radius 1 is 1.00 bits per heavy atom. The number of aromatic nitrogens is 2. The fraction of sp³-hybridized carbons (Fsp3) is 0.105. The van der Waals surface area contributed by atoms with Gasteiger partial charge in [0.25, 0.3) is 0 Å². The third-order valence-electron chi connectivity index (χ3n) is 3.73. The standard InChI is InChI=1S/C19H18N4O2/c1-13(24)22-17-8-6-14(7-9-17)15-4-3-5-16(10-15)18-11-23(12-21-18)19(25)20-2/h3-12H,1-2H3,(H,20,25)(H,22,24). The molecular weight excluding hydrogens is 316 g/mol. The maximum atomic E-state index is 11.6. The molecule has 0 unspecified atom stereocenters. The number of hydrogen-bond acceptors (Lipinski definition) is 3. The van der Waals surface area contributed by atoms with Crippen molar-refractivity contribution in [3.05, 3.63) is 61.1 Å². The van der Waals surface area contributed by atoms with Crippen molar-refractivity contribution in [3.63, 3.8) is 0 Å². The van der Waals surface area contributed by atoms with Gasteiger partial charge in [0.15, 0.2) is 0 Å². The lowest BCUT2D eigenvalue weighted by atomic mass is 10.0. The van der Waals surface area contributed by atoms with E-state index in [2.05, 4.69) is 15.6 Å². The number of rotatable bonds is 3. The molecule has 0 bridgehead atoms. The van der Waals surface area contributed by atoms with Crippen molar-refractivity contribution >= 4 is 17.6 Å². The number of nitrogens with one attached hydrogen (secondary N) is 2. The van der Waals surface area contributed by atoms with Gasteiger partial charge in [-0.05, 0) is 29.3 Å². The van der Waals surface area contributed by atoms with Crippen LogP contribution in [0.3, 0.4) is 0 Å². The van der Waals surface area contributed by atoms with Gasteiger partial charge < -0.3 is 10.6 Å². The fourth-order valence-electron chi connectivity index (χ4n) is 2.52. The van der Waals surface area contributed by atoms with Crippen molar-refractivity contribution in [2.45, 2.75) is 6.92 Å². The zero-order valence-corrected chi connectivity index (χ0v) is 14.0. The van der Waals surface area contributed by atoms with E-state index < -0.39 is 0 Å². The minimum absolute atomic E-state index is 0.0959. The number of nitrogens with zero attached hydrogens (tertiary/aromatic N) is 2. The molecule has 126 valence electrons. The van der Waals surface area contributed by atoms with Gasteiger partial charge in [-0.25, -0.2) is 9.78 Å². The second kappa shape index (κ2) is 7.00. The van der Waals surface area contributed by atoms with Gasteiger partial charge in [-0.1, -0.05) is 30.3 Å². The van der Waals surface area contributed by atoms with E-state index >= 15 is 0 Å². The van der Waals surface area contributed by atoms with Crippen LogP contribution >= 0.6 is 0 Å². The fourth-order valence-corrected chi connectivity index (χ4v) is 2.52. The van der Waals surface area contributed by atoms with E-state index in [0.717, 1.165) is 28.1 Å². The number of carbonyl (C=O) groups excluding carboxylic acids is 2. The topological polar surface area (TPSA) is 76.0 Å². The summed E-state index contributed by atoms with van der Waals surface area (Å²) in [5.74, 6) is -0.0959. The lowest BCUT2D eigenvalue weighted by Crippen LogP contribution is -2.22. The zero-order valence-electron chi connectivity index (χ0n) is 14.0. The number of benzene rings is 2. The highest BCUT2D eigenvalue weighted by atomic mass is 16.2. The van der Waals surface area contributed by atoms with Gasteiger partial charge in [0, 0.05) is 31.4 Å². The molecule has 2 aromatic carbocycles. The van der Waals surface area contributed by atoms with E-state index in [-0.39, 0.29) is 11.9 Å². The lowest BCUT2D eigenvalue weighted by molar-refractivity contribution is -0.114. The minimum Gasteiger partial charge on any atom is -0.340 e. The minimum atomic E-state index is -0.233. The van der Waals surface area contributed by atoms with E-state index in [1.165, 1.54) is 17.8 Å². The Kier molecular flexibility index (Phi) is 4.61. The Morgan fingerprint density at radius 2 is 1.72 bits per heavy atom. The van der Waals surface area contributed by atoms with Crippen molar-refractivity contribution in [1.82, 2.24) is 14.9 Å². The first-order valence-corrected chi connectivity index (χ1v) is 7.81. The smallest absolute Gasteiger partial charge is 0.326 e. The van der Waals surface area contributed by atoms with Crippen LogP contribution < -0.4 is 10.6 Å². The van der Waals surface area contributed by atoms with Crippen LogP contribution in [0.2, 0.25) is 0 Å². The number of hydrogen-bond donors (Lipinski definition) is 2.